The first-order chi connectivity index (χ1) is 19.0. The summed E-state index contributed by atoms with van der Waals surface area (Å²) in [5, 5.41) is 4.05. The van der Waals surface area contributed by atoms with E-state index in [1.807, 2.05) is 66.6 Å². The summed E-state index contributed by atoms with van der Waals surface area (Å²) in [4.78, 5) is 33.6. The molecular weight excluding hydrogens is 492 g/mol. The van der Waals surface area contributed by atoms with E-state index in [2.05, 4.69) is 16.4 Å². The number of ether oxygens (including phenoxy) is 2. The number of carbonyl (C=O) groups excluding carboxylic acids is 2. The van der Waals surface area contributed by atoms with Gasteiger partial charge in [-0.15, -0.1) is 0 Å². The first-order valence-electron chi connectivity index (χ1n) is 13.2. The van der Waals surface area contributed by atoms with Crippen molar-refractivity contribution >= 4 is 28.5 Å². The number of H-pyrrole nitrogens is 1. The zero-order valence-corrected chi connectivity index (χ0v) is 22.8. The molecule has 3 amide bonds. The topological polar surface area (TPSA) is 86.9 Å². The summed E-state index contributed by atoms with van der Waals surface area (Å²) in [6, 6.07) is 22.9. The minimum absolute atomic E-state index is 0.0263. The van der Waals surface area contributed by atoms with Crippen LogP contribution < -0.4 is 14.8 Å². The molecule has 0 aliphatic carbocycles. The van der Waals surface area contributed by atoms with Crippen LogP contribution >= 0.6 is 0 Å². The molecule has 0 bridgehead atoms. The zero-order chi connectivity index (χ0) is 27.6. The first kappa shape index (κ1) is 27.6. The van der Waals surface area contributed by atoms with Gasteiger partial charge in [0.25, 0.3) is 0 Å². The SMILES string of the molecule is CCCN(CC(=O)N(CCc1c[nH]c2ccccc12)Cc1ccccc1)C(=O)Nc1cc(OC)cc(OC)c1. The fraction of sp³-hybridized carbons (Fsp3) is 0.290. The number of nitrogens with one attached hydrogen (secondary N) is 2. The van der Waals surface area contributed by atoms with Crippen LogP contribution in [0.4, 0.5) is 10.5 Å². The van der Waals surface area contributed by atoms with Gasteiger partial charge in [0.15, 0.2) is 0 Å². The van der Waals surface area contributed by atoms with E-state index >= 15 is 0 Å². The number of amides is 3. The van der Waals surface area contributed by atoms with Gasteiger partial charge in [0, 0.05) is 60.6 Å². The third-order valence-electron chi connectivity index (χ3n) is 6.60. The van der Waals surface area contributed by atoms with Gasteiger partial charge in [-0.3, -0.25) is 4.79 Å². The Balaban J connectivity index is 1.49. The molecule has 0 saturated heterocycles. The monoisotopic (exact) mass is 528 g/mol. The maximum absolute atomic E-state index is 13.7. The van der Waals surface area contributed by atoms with Gasteiger partial charge >= 0.3 is 6.03 Å². The molecule has 2 N–H and O–H groups in total. The van der Waals surface area contributed by atoms with E-state index in [9.17, 15) is 9.59 Å². The number of benzene rings is 3. The van der Waals surface area contributed by atoms with Crippen molar-refractivity contribution in [3.8, 4) is 11.5 Å². The van der Waals surface area contributed by atoms with Gasteiger partial charge in [-0.1, -0.05) is 55.5 Å². The summed E-state index contributed by atoms with van der Waals surface area (Å²) in [5.74, 6) is 1.02. The smallest absolute Gasteiger partial charge is 0.322 e. The lowest BCUT2D eigenvalue weighted by molar-refractivity contribution is -0.132. The maximum atomic E-state index is 13.7. The van der Waals surface area contributed by atoms with Crippen molar-refractivity contribution in [2.24, 2.45) is 0 Å². The van der Waals surface area contributed by atoms with Crippen molar-refractivity contribution in [3.63, 3.8) is 0 Å². The van der Waals surface area contributed by atoms with Gasteiger partial charge in [0.1, 0.15) is 18.0 Å². The van der Waals surface area contributed by atoms with E-state index in [1.54, 1.807) is 37.3 Å². The molecule has 39 heavy (non-hydrogen) atoms. The number of urea groups is 1. The van der Waals surface area contributed by atoms with Gasteiger partial charge in [-0.2, -0.15) is 0 Å². The number of carbonyl (C=O) groups is 2. The summed E-state index contributed by atoms with van der Waals surface area (Å²) < 4.78 is 10.6. The molecule has 8 nitrogen and oxygen atoms in total. The summed E-state index contributed by atoms with van der Waals surface area (Å²) in [6.07, 6.45) is 3.43. The number of fused-ring (bicyclic) bond motifs is 1. The average Bonchev–Trinajstić information content (AvgIpc) is 3.38. The van der Waals surface area contributed by atoms with Crippen LogP contribution in [-0.2, 0) is 17.8 Å². The van der Waals surface area contributed by atoms with E-state index in [4.69, 9.17) is 9.47 Å². The van der Waals surface area contributed by atoms with Crippen molar-refractivity contribution in [2.75, 3.05) is 39.2 Å². The zero-order valence-electron chi connectivity index (χ0n) is 22.8. The Labute approximate surface area is 229 Å². The highest BCUT2D eigenvalue weighted by Crippen LogP contribution is 2.26. The van der Waals surface area contributed by atoms with Gasteiger partial charge < -0.3 is 29.6 Å². The molecule has 204 valence electrons. The van der Waals surface area contributed by atoms with E-state index in [1.165, 1.54) is 0 Å². The first-order valence-corrected chi connectivity index (χ1v) is 13.2. The van der Waals surface area contributed by atoms with Crippen molar-refractivity contribution in [2.45, 2.75) is 26.3 Å². The Kier molecular flexibility index (Phi) is 9.45. The third-order valence-corrected chi connectivity index (χ3v) is 6.60. The Hall–Kier alpha value is -4.46. The molecule has 0 saturated carbocycles. The van der Waals surface area contributed by atoms with Crippen LogP contribution in [0.5, 0.6) is 11.5 Å². The minimum Gasteiger partial charge on any atom is -0.497 e. The Morgan fingerprint density at radius 1 is 0.872 bits per heavy atom. The largest absolute Gasteiger partial charge is 0.497 e. The summed E-state index contributed by atoms with van der Waals surface area (Å²) in [6.45, 7) is 3.40. The molecule has 0 aliphatic heterocycles. The van der Waals surface area contributed by atoms with Gasteiger partial charge in [0.05, 0.1) is 14.2 Å². The van der Waals surface area contributed by atoms with Crippen molar-refractivity contribution < 1.29 is 19.1 Å². The van der Waals surface area contributed by atoms with Crippen LogP contribution in [0.1, 0.15) is 24.5 Å². The van der Waals surface area contributed by atoms with Crippen LogP contribution in [0.2, 0.25) is 0 Å². The fourth-order valence-corrected chi connectivity index (χ4v) is 4.56. The molecule has 0 fully saturated rings. The molecule has 0 atom stereocenters. The highest BCUT2D eigenvalue weighted by molar-refractivity contribution is 5.93. The Bertz CT molecular complexity index is 1360. The van der Waals surface area contributed by atoms with Gasteiger partial charge in [-0.05, 0) is 30.0 Å². The molecule has 0 spiro atoms. The van der Waals surface area contributed by atoms with Crippen molar-refractivity contribution in [3.05, 3.63) is 90.1 Å². The van der Waals surface area contributed by atoms with Crippen LogP contribution in [-0.4, -0.2) is 60.6 Å². The number of nitrogens with zero attached hydrogens (tertiary/aromatic N) is 2. The van der Waals surface area contributed by atoms with E-state index in [0.717, 1.165) is 28.5 Å². The second-order valence-corrected chi connectivity index (χ2v) is 9.36. The fourth-order valence-electron chi connectivity index (χ4n) is 4.56. The van der Waals surface area contributed by atoms with Crippen LogP contribution in [0.15, 0.2) is 79.0 Å². The highest BCUT2D eigenvalue weighted by atomic mass is 16.5. The standard InChI is InChI=1S/C31H36N4O4/c1-4-15-35(31(37)33-25-17-26(38-2)19-27(18-25)39-3)22-30(36)34(21-23-10-6-5-7-11-23)16-14-24-20-32-29-13-9-8-12-28(24)29/h5-13,17-20,32H,4,14-16,21-22H2,1-3H3,(H,33,37). The normalized spacial score (nSPS) is 10.7. The molecule has 0 unspecified atom stereocenters. The molecule has 1 heterocycles. The lowest BCUT2D eigenvalue weighted by Gasteiger charge is -2.28. The Morgan fingerprint density at radius 3 is 2.26 bits per heavy atom. The molecule has 0 radical (unpaired) electrons. The lowest BCUT2D eigenvalue weighted by Crippen LogP contribution is -2.45. The van der Waals surface area contributed by atoms with Crippen molar-refractivity contribution in [1.29, 1.82) is 0 Å². The highest BCUT2D eigenvalue weighted by Gasteiger charge is 2.22. The molecule has 4 rings (SSSR count). The number of methoxy groups -OCH3 is 2. The van der Waals surface area contributed by atoms with E-state index in [-0.39, 0.29) is 18.5 Å². The summed E-state index contributed by atoms with van der Waals surface area (Å²) >= 11 is 0. The second-order valence-electron chi connectivity index (χ2n) is 9.36. The molecule has 8 heteroatoms. The van der Waals surface area contributed by atoms with Gasteiger partial charge in [0.2, 0.25) is 5.91 Å². The van der Waals surface area contributed by atoms with Crippen molar-refractivity contribution in [1.82, 2.24) is 14.8 Å². The lowest BCUT2D eigenvalue weighted by atomic mass is 10.1. The second kappa shape index (κ2) is 13.4. The number of rotatable bonds is 12. The third kappa shape index (κ3) is 7.31. The summed E-state index contributed by atoms with van der Waals surface area (Å²) in [7, 11) is 3.11. The quantitative estimate of drug-likeness (QED) is 0.247. The number of aromatic nitrogens is 1. The number of aromatic amines is 1. The number of anilines is 1. The average molecular weight is 529 g/mol. The predicted octanol–water partition coefficient (Wildman–Crippen LogP) is 5.70. The van der Waals surface area contributed by atoms with Crippen LogP contribution in [0.3, 0.4) is 0 Å². The molecule has 0 aliphatic rings. The van der Waals surface area contributed by atoms with Crippen LogP contribution in [0.25, 0.3) is 10.9 Å². The van der Waals surface area contributed by atoms with E-state index in [0.29, 0.717) is 43.2 Å². The number of hydrogen-bond donors (Lipinski definition) is 2. The molecule has 3 aromatic carbocycles. The minimum atomic E-state index is -0.350. The van der Waals surface area contributed by atoms with E-state index < -0.39 is 0 Å². The van der Waals surface area contributed by atoms with Gasteiger partial charge in [-0.25, -0.2) is 4.79 Å². The molecule has 4 aromatic rings. The summed E-state index contributed by atoms with van der Waals surface area (Å²) in [5.41, 5.74) is 3.81. The van der Waals surface area contributed by atoms with Crippen LogP contribution in [0, 0.1) is 0 Å². The number of para-hydroxylation sites is 1. The molecular formula is C31H36N4O4. The predicted molar refractivity (Wildman–Crippen MR) is 154 cm³/mol. The molecule has 1 aromatic heterocycles. The number of hydrogen-bond acceptors (Lipinski definition) is 4. The maximum Gasteiger partial charge on any atom is 0.322 e. The Morgan fingerprint density at radius 2 is 1.56 bits per heavy atom.